The number of nitrogen functional groups attached to an aromatic ring is 1. The monoisotopic (exact) mass is 316 g/mol. The minimum absolute atomic E-state index is 0.224. The molecule has 24 heavy (non-hydrogen) atoms. The number of nitrogens with one attached hydrogen (secondary N) is 1. The lowest BCUT2D eigenvalue weighted by atomic mass is 9.75. The molecule has 2 unspecified atom stereocenters. The number of allylic oxidation sites excluding steroid dienone is 1. The Kier molecular flexibility index (Phi) is 2.96. The highest BCUT2D eigenvalue weighted by atomic mass is 16.5. The number of dihydropyridines is 1. The molecule has 2 aliphatic heterocycles. The van der Waals surface area contributed by atoms with Crippen molar-refractivity contribution in [2.75, 3.05) is 5.73 Å². The van der Waals surface area contributed by atoms with Crippen LogP contribution >= 0.6 is 0 Å². The molecule has 0 aromatic heterocycles. The van der Waals surface area contributed by atoms with Gasteiger partial charge in [0, 0.05) is 35.4 Å². The molecule has 0 amide bonds. The van der Waals surface area contributed by atoms with Crippen LogP contribution in [0.4, 0.5) is 5.69 Å². The van der Waals surface area contributed by atoms with Crippen LogP contribution in [0, 0.1) is 5.92 Å². The van der Waals surface area contributed by atoms with E-state index in [1.165, 1.54) is 29.5 Å². The maximum Gasteiger partial charge on any atom is 0.132 e. The van der Waals surface area contributed by atoms with Crippen molar-refractivity contribution in [2.24, 2.45) is 5.92 Å². The molecule has 0 radical (unpaired) electrons. The zero-order valence-electron chi connectivity index (χ0n) is 13.4. The molecule has 3 N–H and O–H groups in total. The molecule has 0 saturated heterocycles. The topological polar surface area (TPSA) is 47.3 Å². The van der Waals surface area contributed by atoms with E-state index in [4.69, 9.17) is 10.5 Å². The van der Waals surface area contributed by atoms with E-state index in [0.29, 0.717) is 0 Å². The predicted octanol–water partition coefficient (Wildman–Crippen LogP) is 4.25. The summed E-state index contributed by atoms with van der Waals surface area (Å²) in [5.74, 6) is 3.06. The van der Waals surface area contributed by atoms with Gasteiger partial charge in [0.25, 0.3) is 0 Å². The first-order valence-electron chi connectivity index (χ1n) is 8.60. The average molecular weight is 316 g/mol. The summed E-state index contributed by atoms with van der Waals surface area (Å²) in [5, 5.41) is 3.15. The molecule has 3 aliphatic rings. The average Bonchev–Trinajstić information content (AvgIpc) is 3.44. The van der Waals surface area contributed by atoms with Crippen LogP contribution < -0.4 is 15.8 Å². The molecule has 0 bridgehead atoms. The maximum atomic E-state index is 6.15. The summed E-state index contributed by atoms with van der Waals surface area (Å²) in [6.45, 7) is 0. The molecular formula is C21H20N2O. The first-order valence-corrected chi connectivity index (χ1v) is 8.60. The molecule has 120 valence electrons. The van der Waals surface area contributed by atoms with Crippen LogP contribution in [0.5, 0.6) is 5.75 Å². The van der Waals surface area contributed by atoms with Crippen LogP contribution in [0.25, 0.3) is 0 Å². The number of hydrogen-bond donors (Lipinski definition) is 2. The number of ether oxygens (including phenoxy) is 1. The van der Waals surface area contributed by atoms with Gasteiger partial charge in [-0.05, 0) is 42.2 Å². The Morgan fingerprint density at radius 3 is 2.67 bits per heavy atom. The quantitative estimate of drug-likeness (QED) is 0.815. The van der Waals surface area contributed by atoms with Crippen LogP contribution in [0.15, 0.2) is 66.7 Å². The largest absolute Gasteiger partial charge is 0.459 e. The molecule has 0 spiro atoms. The summed E-state index contributed by atoms with van der Waals surface area (Å²) in [6.07, 6.45) is 8.79. The van der Waals surface area contributed by atoms with Crippen molar-refractivity contribution in [3.8, 4) is 5.75 Å². The Bertz CT molecular complexity index is 864. The third kappa shape index (κ3) is 2.12. The van der Waals surface area contributed by atoms with Crippen LogP contribution in [0.1, 0.15) is 41.4 Å². The van der Waals surface area contributed by atoms with Crippen LogP contribution in [0.2, 0.25) is 0 Å². The highest BCUT2D eigenvalue weighted by Crippen LogP contribution is 2.51. The third-order valence-electron chi connectivity index (χ3n) is 5.26. The Hall–Kier alpha value is -2.68. The van der Waals surface area contributed by atoms with Crippen molar-refractivity contribution in [1.29, 1.82) is 0 Å². The minimum Gasteiger partial charge on any atom is -0.459 e. The molecule has 1 saturated carbocycles. The SMILES string of the molecule is Nc1ccc2c(c1)OC1=CNC=CC1C2c1ccccc1C1CC1. The maximum absolute atomic E-state index is 6.15. The van der Waals surface area contributed by atoms with Gasteiger partial charge in [0.1, 0.15) is 11.5 Å². The molecule has 3 heteroatoms. The van der Waals surface area contributed by atoms with Crippen molar-refractivity contribution in [1.82, 2.24) is 5.32 Å². The van der Waals surface area contributed by atoms with Gasteiger partial charge in [0.15, 0.2) is 0 Å². The summed E-state index contributed by atoms with van der Waals surface area (Å²) in [7, 11) is 0. The van der Waals surface area contributed by atoms with E-state index in [1.54, 1.807) is 0 Å². The number of benzene rings is 2. The number of nitrogens with two attached hydrogens (primary N) is 1. The molecule has 1 aliphatic carbocycles. The van der Waals surface area contributed by atoms with E-state index >= 15 is 0 Å². The molecule has 2 atom stereocenters. The highest BCUT2D eigenvalue weighted by molar-refractivity contribution is 5.57. The van der Waals surface area contributed by atoms with Gasteiger partial charge in [-0.2, -0.15) is 0 Å². The normalized spacial score (nSPS) is 24.2. The Balaban J connectivity index is 1.72. The molecular weight excluding hydrogens is 296 g/mol. The van der Waals surface area contributed by atoms with Gasteiger partial charge in [-0.3, -0.25) is 0 Å². The molecule has 2 aromatic rings. The number of rotatable bonds is 2. The smallest absolute Gasteiger partial charge is 0.132 e. The molecule has 2 aromatic carbocycles. The molecule has 3 nitrogen and oxygen atoms in total. The first kappa shape index (κ1) is 13.7. The lowest BCUT2D eigenvalue weighted by Gasteiger charge is -2.36. The summed E-state index contributed by atoms with van der Waals surface area (Å²) in [6, 6.07) is 15.0. The van der Waals surface area contributed by atoms with Gasteiger partial charge >= 0.3 is 0 Å². The van der Waals surface area contributed by atoms with Gasteiger partial charge in [0.05, 0.1) is 0 Å². The lowest BCUT2D eigenvalue weighted by molar-refractivity contribution is 0.318. The van der Waals surface area contributed by atoms with Gasteiger partial charge in [0.2, 0.25) is 0 Å². The van der Waals surface area contributed by atoms with E-state index in [9.17, 15) is 0 Å². The Morgan fingerprint density at radius 1 is 1.00 bits per heavy atom. The van der Waals surface area contributed by atoms with E-state index in [2.05, 4.69) is 41.7 Å². The van der Waals surface area contributed by atoms with Crippen molar-refractivity contribution in [3.63, 3.8) is 0 Å². The fraction of sp³-hybridized carbons (Fsp3) is 0.238. The standard InChI is InChI=1S/C21H20N2O/c22-14-7-8-17-19(11-14)24-20-12-23-10-9-18(20)21(17)16-4-2-1-3-15(16)13-5-6-13/h1-4,7-13,18,21,23H,5-6,22H2. The van der Waals surface area contributed by atoms with Crippen molar-refractivity contribution >= 4 is 5.69 Å². The van der Waals surface area contributed by atoms with Crippen LogP contribution in [-0.2, 0) is 0 Å². The predicted molar refractivity (Wildman–Crippen MR) is 95.6 cm³/mol. The lowest BCUT2D eigenvalue weighted by Crippen LogP contribution is -2.28. The molecule has 2 heterocycles. The van der Waals surface area contributed by atoms with Gasteiger partial charge in [-0.15, -0.1) is 0 Å². The summed E-state index contributed by atoms with van der Waals surface area (Å²) in [5.41, 5.74) is 10.9. The van der Waals surface area contributed by atoms with E-state index in [0.717, 1.165) is 23.1 Å². The minimum atomic E-state index is 0.224. The van der Waals surface area contributed by atoms with E-state index in [1.807, 2.05) is 24.5 Å². The fourth-order valence-electron chi connectivity index (χ4n) is 3.99. The summed E-state index contributed by atoms with van der Waals surface area (Å²) >= 11 is 0. The van der Waals surface area contributed by atoms with Gasteiger partial charge in [-0.25, -0.2) is 0 Å². The second-order valence-corrected chi connectivity index (χ2v) is 6.88. The fourth-order valence-corrected chi connectivity index (χ4v) is 3.99. The van der Waals surface area contributed by atoms with E-state index < -0.39 is 0 Å². The summed E-state index contributed by atoms with van der Waals surface area (Å²) < 4.78 is 6.15. The number of fused-ring (bicyclic) bond motifs is 2. The Morgan fingerprint density at radius 2 is 1.83 bits per heavy atom. The van der Waals surface area contributed by atoms with Gasteiger partial charge in [-0.1, -0.05) is 36.4 Å². The molecule has 5 rings (SSSR count). The van der Waals surface area contributed by atoms with Crippen LogP contribution in [-0.4, -0.2) is 0 Å². The second kappa shape index (κ2) is 5.17. The van der Waals surface area contributed by atoms with Gasteiger partial charge < -0.3 is 15.8 Å². The third-order valence-corrected chi connectivity index (χ3v) is 5.26. The van der Waals surface area contributed by atoms with Crippen LogP contribution in [0.3, 0.4) is 0 Å². The zero-order chi connectivity index (χ0) is 16.1. The number of anilines is 1. The van der Waals surface area contributed by atoms with Crippen molar-refractivity contribution in [2.45, 2.75) is 24.7 Å². The highest BCUT2D eigenvalue weighted by Gasteiger charge is 2.38. The summed E-state index contributed by atoms with van der Waals surface area (Å²) in [4.78, 5) is 0. The number of hydrogen-bond acceptors (Lipinski definition) is 3. The van der Waals surface area contributed by atoms with Crippen molar-refractivity contribution in [3.05, 3.63) is 83.4 Å². The molecule has 1 fully saturated rings. The van der Waals surface area contributed by atoms with E-state index in [-0.39, 0.29) is 11.8 Å². The second-order valence-electron chi connectivity index (χ2n) is 6.88. The van der Waals surface area contributed by atoms with Crippen molar-refractivity contribution < 1.29 is 4.74 Å². The zero-order valence-corrected chi connectivity index (χ0v) is 13.4. The first-order chi connectivity index (χ1) is 11.8. The Labute approximate surface area is 141 Å².